The van der Waals surface area contributed by atoms with Gasteiger partial charge in [0.25, 0.3) is 11.1 Å². The van der Waals surface area contributed by atoms with Gasteiger partial charge in [-0.1, -0.05) is 23.8 Å². The Labute approximate surface area is 150 Å². The highest BCUT2D eigenvalue weighted by molar-refractivity contribution is 8.19. The fraction of sp³-hybridized carbons (Fsp3) is 0.158. The Kier molecular flexibility index (Phi) is 4.81. The number of amides is 2. The third kappa shape index (κ3) is 3.39. The summed E-state index contributed by atoms with van der Waals surface area (Å²) in [6.07, 6.45) is 1.68. The molecule has 0 aliphatic carbocycles. The number of benzene rings is 2. The summed E-state index contributed by atoms with van der Waals surface area (Å²) in [7, 11) is 3.11. The van der Waals surface area contributed by atoms with Crippen LogP contribution in [0.4, 0.5) is 10.5 Å². The van der Waals surface area contributed by atoms with Crippen molar-refractivity contribution in [1.29, 1.82) is 0 Å². The number of aryl methyl sites for hydroxylation is 1. The van der Waals surface area contributed by atoms with Crippen LogP contribution >= 0.6 is 11.8 Å². The number of imide groups is 1. The van der Waals surface area contributed by atoms with Gasteiger partial charge >= 0.3 is 0 Å². The second-order valence-corrected chi connectivity index (χ2v) is 6.46. The maximum atomic E-state index is 12.6. The van der Waals surface area contributed by atoms with Crippen LogP contribution in [0.25, 0.3) is 6.08 Å². The molecule has 0 spiro atoms. The van der Waals surface area contributed by atoms with Crippen molar-refractivity contribution in [2.75, 3.05) is 19.1 Å². The van der Waals surface area contributed by atoms with Gasteiger partial charge in [-0.3, -0.25) is 9.59 Å². The third-order valence-electron chi connectivity index (χ3n) is 3.79. The van der Waals surface area contributed by atoms with Gasteiger partial charge in [-0.25, -0.2) is 4.90 Å². The minimum absolute atomic E-state index is 0.305. The minimum atomic E-state index is -0.325. The van der Waals surface area contributed by atoms with E-state index in [1.54, 1.807) is 50.6 Å². The molecule has 2 aromatic carbocycles. The molecule has 5 nitrogen and oxygen atoms in total. The van der Waals surface area contributed by atoms with Gasteiger partial charge < -0.3 is 9.47 Å². The van der Waals surface area contributed by atoms with Gasteiger partial charge in [0.2, 0.25) is 0 Å². The second kappa shape index (κ2) is 7.03. The molecule has 6 heteroatoms. The van der Waals surface area contributed by atoms with Crippen LogP contribution in [-0.4, -0.2) is 25.4 Å². The molecule has 0 aromatic heterocycles. The fourth-order valence-electron chi connectivity index (χ4n) is 2.48. The first-order valence-electron chi connectivity index (χ1n) is 7.60. The van der Waals surface area contributed by atoms with E-state index in [0.717, 1.165) is 22.9 Å². The topological polar surface area (TPSA) is 55.8 Å². The lowest BCUT2D eigenvalue weighted by atomic mass is 10.1. The monoisotopic (exact) mass is 355 g/mol. The Morgan fingerprint density at radius 3 is 2.28 bits per heavy atom. The minimum Gasteiger partial charge on any atom is -0.493 e. The number of methoxy groups -OCH3 is 2. The highest BCUT2D eigenvalue weighted by atomic mass is 32.2. The number of carbonyl (C=O) groups is 2. The standard InChI is InChI=1S/C19H17NO4S/c1-12-4-7-14(8-5-12)20-18(21)17(25-19(20)22)11-13-6-9-15(23-2)16(10-13)24-3/h4-11H,1-3H3. The van der Waals surface area contributed by atoms with E-state index >= 15 is 0 Å². The summed E-state index contributed by atoms with van der Waals surface area (Å²) >= 11 is 0.926. The Hall–Kier alpha value is -2.73. The quantitative estimate of drug-likeness (QED) is 0.767. The van der Waals surface area contributed by atoms with E-state index in [4.69, 9.17) is 9.47 Å². The first kappa shape index (κ1) is 17.1. The van der Waals surface area contributed by atoms with Crippen molar-refractivity contribution in [3.05, 3.63) is 58.5 Å². The van der Waals surface area contributed by atoms with E-state index in [0.29, 0.717) is 22.1 Å². The molecule has 1 aliphatic heterocycles. The molecule has 3 rings (SSSR count). The molecule has 0 saturated carbocycles. The van der Waals surface area contributed by atoms with Gasteiger partial charge in [0.05, 0.1) is 24.8 Å². The first-order chi connectivity index (χ1) is 12.0. The summed E-state index contributed by atoms with van der Waals surface area (Å²) in [6.45, 7) is 1.95. The van der Waals surface area contributed by atoms with Gasteiger partial charge in [-0.05, 0) is 54.6 Å². The summed E-state index contributed by atoms with van der Waals surface area (Å²) in [5, 5.41) is -0.305. The molecular formula is C19H17NO4S. The maximum Gasteiger partial charge on any atom is 0.298 e. The smallest absolute Gasteiger partial charge is 0.298 e. The van der Waals surface area contributed by atoms with Crippen LogP contribution < -0.4 is 14.4 Å². The molecule has 2 amide bonds. The number of carbonyl (C=O) groups excluding carboxylic acids is 2. The average molecular weight is 355 g/mol. The van der Waals surface area contributed by atoms with Gasteiger partial charge in [0.1, 0.15) is 0 Å². The van der Waals surface area contributed by atoms with Gasteiger partial charge in [-0.15, -0.1) is 0 Å². The van der Waals surface area contributed by atoms with Crippen LogP contribution in [0.1, 0.15) is 11.1 Å². The number of hydrogen-bond donors (Lipinski definition) is 0. The lowest BCUT2D eigenvalue weighted by Crippen LogP contribution is -2.27. The summed E-state index contributed by atoms with van der Waals surface area (Å²) in [4.78, 5) is 26.5. The van der Waals surface area contributed by atoms with Crippen LogP contribution in [0, 0.1) is 6.92 Å². The van der Waals surface area contributed by atoms with Crippen molar-refractivity contribution in [3.8, 4) is 11.5 Å². The molecule has 0 atom stereocenters. The zero-order valence-corrected chi connectivity index (χ0v) is 14.9. The Morgan fingerprint density at radius 2 is 1.64 bits per heavy atom. The molecule has 1 heterocycles. The van der Waals surface area contributed by atoms with Crippen molar-refractivity contribution < 1.29 is 19.1 Å². The summed E-state index contributed by atoms with van der Waals surface area (Å²) < 4.78 is 10.5. The number of anilines is 1. The van der Waals surface area contributed by atoms with Crippen molar-refractivity contribution >= 4 is 34.7 Å². The van der Waals surface area contributed by atoms with Gasteiger partial charge in [0, 0.05) is 0 Å². The number of nitrogens with zero attached hydrogens (tertiary/aromatic N) is 1. The SMILES string of the molecule is COc1ccc(C=C2SC(=O)N(c3ccc(C)cc3)C2=O)cc1OC. The molecule has 1 fully saturated rings. The van der Waals surface area contributed by atoms with E-state index in [2.05, 4.69) is 0 Å². The molecule has 128 valence electrons. The molecule has 0 N–H and O–H groups in total. The van der Waals surface area contributed by atoms with Crippen molar-refractivity contribution in [3.63, 3.8) is 0 Å². The average Bonchev–Trinajstić information content (AvgIpc) is 2.89. The van der Waals surface area contributed by atoms with Crippen LogP contribution in [0.15, 0.2) is 47.4 Å². The number of ether oxygens (including phenoxy) is 2. The zero-order chi connectivity index (χ0) is 18.0. The van der Waals surface area contributed by atoms with E-state index in [1.165, 1.54) is 4.90 Å². The van der Waals surface area contributed by atoms with Crippen LogP contribution in [-0.2, 0) is 4.79 Å². The Balaban J connectivity index is 1.91. The predicted molar refractivity (Wildman–Crippen MR) is 99.2 cm³/mol. The zero-order valence-electron chi connectivity index (χ0n) is 14.1. The Bertz CT molecular complexity index is 858. The second-order valence-electron chi connectivity index (χ2n) is 5.47. The van der Waals surface area contributed by atoms with E-state index < -0.39 is 0 Å². The molecule has 1 saturated heterocycles. The summed E-state index contributed by atoms with van der Waals surface area (Å²) in [6, 6.07) is 12.6. The first-order valence-corrected chi connectivity index (χ1v) is 8.42. The fourth-order valence-corrected chi connectivity index (χ4v) is 3.32. The van der Waals surface area contributed by atoms with E-state index in [-0.39, 0.29) is 11.1 Å². The van der Waals surface area contributed by atoms with Crippen LogP contribution in [0.5, 0.6) is 11.5 Å². The van der Waals surface area contributed by atoms with E-state index in [1.807, 2.05) is 19.1 Å². The molecule has 0 bridgehead atoms. The molecule has 2 aromatic rings. The molecular weight excluding hydrogens is 338 g/mol. The third-order valence-corrected chi connectivity index (χ3v) is 4.66. The molecule has 0 radical (unpaired) electrons. The lowest BCUT2D eigenvalue weighted by molar-refractivity contribution is -0.113. The largest absolute Gasteiger partial charge is 0.493 e. The summed E-state index contributed by atoms with van der Waals surface area (Å²) in [5.74, 6) is 0.843. The van der Waals surface area contributed by atoms with Crippen molar-refractivity contribution in [2.45, 2.75) is 6.92 Å². The van der Waals surface area contributed by atoms with Gasteiger partial charge in [0.15, 0.2) is 11.5 Å². The number of rotatable bonds is 4. The van der Waals surface area contributed by atoms with Crippen LogP contribution in [0.3, 0.4) is 0 Å². The predicted octanol–water partition coefficient (Wildman–Crippen LogP) is 4.25. The molecule has 0 unspecified atom stereocenters. The van der Waals surface area contributed by atoms with Gasteiger partial charge in [-0.2, -0.15) is 0 Å². The molecule has 1 aliphatic rings. The molecule has 25 heavy (non-hydrogen) atoms. The van der Waals surface area contributed by atoms with Crippen molar-refractivity contribution in [2.24, 2.45) is 0 Å². The van der Waals surface area contributed by atoms with Crippen LogP contribution in [0.2, 0.25) is 0 Å². The lowest BCUT2D eigenvalue weighted by Gasteiger charge is -2.12. The normalized spacial score (nSPS) is 15.8. The summed E-state index contributed by atoms with van der Waals surface area (Å²) in [5.41, 5.74) is 2.40. The number of hydrogen-bond acceptors (Lipinski definition) is 5. The van der Waals surface area contributed by atoms with E-state index in [9.17, 15) is 9.59 Å². The maximum absolute atomic E-state index is 12.6. The Morgan fingerprint density at radius 1 is 0.960 bits per heavy atom. The van der Waals surface area contributed by atoms with Crippen molar-refractivity contribution in [1.82, 2.24) is 0 Å². The highest BCUT2D eigenvalue weighted by Gasteiger charge is 2.36. The number of thioether (sulfide) groups is 1. The highest BCUT2D eigenvalue weighted by Crippen LogP contribution is 2.36.